The first-order chi connectivity index (χ1) is 13.9. The van der Waals surface area contributed by atoms with Crippen LogP contribution in [0.1, 0.15) is 22.3 Å². The fourth-order valence-electron chi connectivity index (χ4n) is 2.89. The Morgan fingerprint density at radius 3 is 2.55 bits per heavy atom. The van der Waals surface area contributed by atoms with Gasteiger partial charge in [0, 0.05) is 12.1 Å². The molecular formula is C21H21ClN4O2S. The van der Waals surface area contributed by atoms with Crippen LogP contribution >= 0.6 is 22.9 Å². The van der Waals surface area contributed by atoms with E-state index in [2.05, 4.69) is 16.0 Å². The highest BCUT2D eigenvalue weighted by atomic mass is 35.5. The lowest BCUT2D eigenvalue weighted by atomic mass is 10.1. The monoisotopic (exact) mass is 428 g/mol. The molecule has 0 saturated heterocycles. The maximum absolute atomic E-state index is 13.3. The van der Waals surface area contributed by atoms with Crippen molar-refractivity contribution < 1.29 is 9.53 Å². The Balaban J connectivity index is 2.00. The number of hydrogen-bond acceptors (Lipinski definition) is 6. The molecular weight excluding hydrogens is 408 g/mol. The molecule has 2 aromatic carbocycles. The first-order valence-corrected chi connectivity index (χ1v) is 10.2. The lowest BCUT2D eigenvalue weighted by molar-refractivity contribution is 0.0986. The standard InChI is InChI=1S/C21H21ClN4O2S/c1-25(2)11-4-12-26(20(27)15-7-5-14(13-23)6-8-15)21-24-18-17(28-3)10-9-16(22)19(18)29-21/h5-10H,4,11-12H2,1-3H3. The van der Waals surface area contributed by atoms with E-state index in [1.807, 2.05) is 14.1 Å². The smallest absolute Gasteiger partial charge is 0.260 e. The third-order valence-corrected chi connectivity index (χ3v) is 5.93. The van der Waals surface area contributed by atoms with Gasteiger partial charge < -0.3 is 9.64 Å². The normalized spacial score (nSPS) is 10.9. The zero-order valence-corrected chi connectivity index (χ0v) is 18.0. The predicted molar refractivity (Wildman–Crippen MR) is 117 cm³/mol. The average molecular weight is 429 g/mol. The van der Waals surface area contributed by atoms with Gasteiger partial charge in [-0.25, -0.2) is 4.98 Å². The van der Waals surface area contributed by atoms with E-state index in [1.54, 1.807) is 48.4 Å². The number of nitrogens with zero attached hydrogens (tertiary/aromatic N) is 4. The molecule has 0 bridgehead atoms. The Hall–Kier alpha value is -2.66. The average Bonchev–Trinajstić information content (AvgIpc) is 3.17. The van der Waals surface area contributed by atoms with Gasteiger partial charge in [-0.2, -0.15) is 5.26 Å². The number of nitriles is 1. The second-order valence-electron chi connectivity index (χ2n) is 6.73. The van der Waals surface area contributed by atoms with Crippen LogP contribution in [0.3, 0.4) is 0 Å². The lowest BCUT2D eigenvalue weighted by Crippen LogP contribution is -2.33. The molecule has 1 aromatic heterocycles. The van der Waals surface area contributed by atoms with Gasteiger partial charge in [-0.3, -0.25) is 9.69 Å². The SMILES string of the molecule is COc1ccc(Cl)c2sc(N(CCCN(C)C)C(=O)c3ccc(C#N)cc3)nc12. The molecule has 29 heavy (non-hydrogen) atoms. The van der Waals surface area contributed by atoms with Crippen molar-refractivity contribution in [3.05, 3.63) is 52.5 Å². The molecule has 0 spiro atoms. The van der Waals surface area contributed by atoms with Crippen LogP contribution in [0.15, 0.2) is 36.4 Å². The fourth-order valence-corrected chi connectivity index (χ4v) is 4.17. The third-order valence-electron chi connectivity index (χ3n) is 4.39. The van der Waals surface area contributed by atoms with Crippen LogP contribution in [0.4, 0.5) is 5.13 Å². The lowest BCUT2D eigenvalue weighted by Gasteiger charge is -2.21. The summed E-state index contributed by atoms with van der Waals surface area (Å²) in [5.41, 5.74) is 1.66. The number of fused-ring (bicyclic) bond motifs is 1. The number of ether oxygens (including phenoxy) is 1. The summed E-state index contributed by atoms with van der Waals surface area (Å²) in [5, 5.41) is 10.1. The largest absolute Gasteiger partial charge is 0.494 e. The van der Waals surface area contributed by atoms with Gasteiger partial charge in [-0.1, -0.05) is 22.9 Å². The first-order valence-electron chi connectivity index (χ1n) is 9.04. The second-order valence-corrected chi connectivity index (χ2v) is 8.11. The number of carbonyl (C=O) groups is 1. The van der Waals surface area contributed by atoms with Gasteiger partial charge >= 0.3 is 0 Å². The van der Waals surface area contributed by atoms with E-state index >= 15 is 0 Å². The van der Waals surface area contributed by atoms with E-state index in [1.165, 1.54) is 11.3 Å². The van der Waals surface area contributed by atoms with Gasteiger partial charge in [0.05, 0.1) is 28.5 Å². The van der Waals surface area contributed by atoms with Crippen molar-refractivity contribution in [2.24, 2.45) is 0 Å². The van der Waals surface area contributed by atoms with Crippen molar-refractivity contribution in [3.8, 4) is 11.8 Å². The quantitative estimate of drug-likeness (QED) is 0.556. The molecule has 0 fully saturated rings. The molecule has 150 valence electrons. The molecule has 0 N–H and O–H groups in total. The second kappa shape index (κ2) is 9.23. The van der Waals surface area contributed by atoms with E-state index < -0.39 is 0 Å². The maximum atomic E-state index is 13.3. The predicted octanol–water partition coefficient (Wildman–Crippen LogP) is 4.43. The number of hydrogen-bond donors (Lipinski definition) is 0. The topological polar surface area (TPSA) is 69.5 Å². The van der Waals surface area contributed by atoms with Gasteiger partial charge in [0.2, 0.25) is 0 Å². The number of benzene rings is 2. The summed E-state index contributed by atoms with van der Waals surface area (Å²) >= 11 is 7.72. The highest BCUT2D eigenvalue weighted by Crippen LogP contribution is 2.39. The van der Waals surface area contributed by atoms with Gasteiger partial charge in [-0.05, 0) is 63.5 Å². The van der Waals surface area contributed by atoms with Crippen LogP contribution in [-0.4, -0.2) is 50.1 Å². The van der Waals surface area contributed by atoms with Crippen molar-refractivity contribution in [3.63, 3.8) is 0 Å². The first kappa shape index (κ1) is 21.1. The van der Waals surface area contributed by atoms with Crippen molar-refractivity contribution in [1.82, 2.24) is 9.88 Å². The molecule has 0 aliphatic rings. The molecule has 0 atom stereocenters. The number of aromatic nitrogens is 1. The highest BCUT2D eigenvalue weighted by molar-refractivity contribution is 7.23. The molecule has 0 radical (unpaired) electrons. The van der Waals surface area contributed by atoms with Gasteiger partial charge in [0.25, 0.3) is 5.91 Å². The summed E-state index contributed by atoms with van der Waals surface area (Å²) in [4.78, 5) is 21.7. The summed E-state index contributed by atoms with van der Waals surface area (Å²) in [7, 11) is 5.57. The number of thiazole rings is 1. The van der Waals surface area contributed by atoms with Gasteiger partial charge in [0.1, 0.15) is 11.3 Å². The van der Waals surface area contributed by atoms with Crippen LogP contribution in [-0.2, 0) is 0 Å². The number of carbonyl (C=O) groups excluding carboxylic acids is 1. The minimum absolute atomic E-state index is 0.164. The molecule has 0 aliphatic heterocycles. The number of rotatable bonds is 7. The van der Waals surface area contributed by atoms with E-state index in [0.717, 1.165) is 17.7 Å². The van der Waals surface area contributed by atoms with Crippen LogP contribution < -0.4 is 9.64 Å². The van der Waals surface area contributed by atoms with E-state index in [4.69, 9.17) is 21.6 Å². The molecule has 3 rings (SSSR count). The molecule has 1 heterocycles. The summed E-state index contributed by atoms with van der Waals surface area (Å²) in [6.07, 6.45) is 0.788. The highest BCUT2D eigenvalue weighted by Gasteiger charge is 2.23. The van der Waals surface area contributed by atoms with E-state index in [9.17, 15) is 4.79 Å². The van der Waals surface area contributed by atoms with Crippen LogP contribution in [0.2, 0.25) is 5.02 Å². The summed E-state index contributed by atoms with van der Waals surface area (Å²) in [6.45, 7) is 1.35. The molecule has 0 aliphatic carbocycles. The van der Waals surface area contributed by atoms with Crippen LogP contribution in [0.5, 0.6) is 5.75 Å². The van der Waals surface area contributed by atoms with Gasteiger partial charge in [0.15, 0.2) is 5.13 Å². The molecule has 0 unspecified atom stereocenters. The van der Waals surface area contributed by atoms with E-state index in [-0.39, 0.29) is 5.91 Å². The van der Waals surface area contributed by atoms with Gasteiger partial charge in [-0.15, -0.1) is 0 Å². The van der Waals surface area contributed by atoms with Crippen molar-refractivity contribution in [2.45, 2.75) is 6.42 Å². The summed E-state index contributed by atoms with van der Waals surface area (Å²) in [5.74, 6) is 0.452. The van der Waals surface area contributed by atoms with Crippen LogP contribution in [0, 0.1) is 11.3 Å². The minimum atomic E-state index is -0.164. The maximum Gasteiger partial charge on any atom is 0.260 e. The molecule has 1 amide bonds. The van der Waals surface area contributed by atoms with Crippen LogP contribution in [0.25, 0.3) is 10.2 Å². The van der Waals surface area contributed by atoms with Crippen molar-refractivity contribution >= 4 is 44.2 Å². The Morgan fingerprint density at radius 1 is 1.21 bits per heavy atom. The Morgan fingerprint density at radius 2 is 1.93 bits per heavy atom. The zero-order valence-electron chi connectivity index (χ0n) is 16.5. The summed E-state index contributed by atoms with van der Waals surface area (Å²) < 4.78 is 6.19. The number of amides is 1. The molecule has 0 saturated carbocycles. The molecule has 3 aromatic rings. The van der Waals surface area contributed by atoms with Crippen molar-refractivity contribution in [2.75, 3.05) is 39.2 Å². The minimum Gasteiger partial charge on any atom is -0.494 e. The fraction of sp³-hybridized carbons (Fsp3) is 0.286. The summed E-state index contributed by atoms with van der Waals surface area (Å²) in [6, 6.07) is 12.2. The number of anilines is 1. The number of methoxy groups -OCH3 is 1. The third kappa shape index (κ3) is 4.67. The van der Waals surface area contributed by atoms with Crippen molar-refractivity contribution in [1.29, 1.82) is 5.26 Å². The Labute approximate surface area is 178 Å². The number of halogens is 1. The zero-order chi connectivity index (χ0) is 21.0. The molecule has 8 heteroatoms. The Kier molecular flexibility index (Phi) is 6.70. The van der Waals surface area contributed by atoms with E-state index in [0.29, 0.717) is 39.1 Å². The Bertz CT molecular complexity index is 1060. The molecule has 6 nitrogen and oxygen atoms in total.